The highest BCUT2D eigenvalue weighted by molar-refractivity contribution is 5.80. The zero-order valence-electron chi connectivity index (χ0n) is 8.42. The third kappa shape index (κ3) is 1.31. The van der Waals surface area contributed by atoms with Crippen molar-refractivity contribution >= 4 is 10.9 Å². The maximum Gasteiger partial charge on any atom is 0.345 e. The molecular weight excluding hydrogens is 178 g/mol. The van der Waals surface area contributed by atoms with E-state index in [9.17, 15) is 4.79 Å². The van der Waals surface area contributed by atoms with Crippen LogP contribution < -0.4 is 5.63 Å². The lowest BCUT2D eigenvalue weighted by molar-refractivity contribution is 0.488. The first kappa shape index (κ1) is 8.94. The van der Waals surface area contributed by atoms with Crippen molar-refractivity contribution in [3.63, 3.8) is 0 Å². The summed E-state index contributed by atoms with van der Waals surface area (Å²) >= 11 is 0. The smallest absolute Gasteiger partial charge is 0.345 e. The number of hydrogen-bond acceptors (Lipinski definition) is 3. The molecule has 0 unspecified atom stereocenters. The fourth-order valence-corrected chi connectivity index (χ4v) is 1.65. The highest BCUT2D eigenvalue weighted by atomic mass is 16.4. The molecule has 3 nitrogen and oxygen atoms in total. The molecule has 2 heterocycles. The van der Waals surface area contributed by atoms with Crippen molar-refractivity contribution in [2.45, 2.75) is 20.8 Å². The van der Waals surface area contributed by atoms with Crippen LogP contribution in [0.3, 0.4) is 0 Å². The Morgan fingerprint density at radius 2 is 1.93 bits per heavy atom. The lowest BCUT2D eigenvalue weighted by Gasteiger charge is -2.02. The van der Waals surface area contributed by atoms with E-state index in [0.29, 0.717) is 11.1 Å². The van der Waals surface area contributed by atoms with Crippen molar-refractivity contribution < 1.29 is 4.42 Å². The summed E-state index contributed by atoms with van der Waals surface area (Å²) in [5.74, 6) is 0.597. The van der Waals surface area contributed by atoms with Crippen LogP contribution >= 0.6 is 0 Å². The van der Waals surface area contributed by atoms with E-state index in [4.69, 9.17) is 4.42 Å². The van der Waals surface area contributed by atoms with Crippen molar-refractivity contribution in [3.8, 4) is 0 Å². The molecule has 0 radical (unpaired) electrons. The number of rotatable bonds is 0. The fourth-order valence-electron chi connectivity index (χ4n) is 1.65. The molecule has 0 aliphatic rings. The second-order valence-electron chi connectivity index (χ2n) is 3.49. The normalized spacial score (nSPS) is 10.8. The van der Waals surface area contributed by atoms with Crippen LogP contribution in [0.15, 0.2) is 21.3 Å². The number of nitrogens with zero attached hydrogens (tertiary/aromatic N) is 1. The van der Waals surface area contributed by atoms with Crippen molar-refractivity contribution in [3.05, 3.63) is 39.6 Å². The Kier molecular flexibility index (Phi) is 1.88. The molecule has 14 heavy (non-hydrogen) atoms. The summed E-state index contributed by atoms with van der Waals surface area (Å²) in [6.45, 7) is 5.56. The van der Waals surface area contributed by atoms with Crippen LogP contribution in [0.5, 0.6) is 0 Å². The van der Waals surface area contributed by atoms with Crippen LogP contribution in [-0.4, -0.2) is 4.98 Å². The van der Waals surface area contributed by atoms with Gasteiger partial charge in [-0.05, 0) is 32.4 Å². The minimum Gasteiger partial charge on any atom is -0.428 e. The van der Waals surface area contributed by atoms with Gasteiger partial charge in [-0.15, -0.1) is 0 Å². The molecular formula is C11H11NO2. The molecule has 72 valence electrons. The molecule has 0 saturated heterocycles. The van der Waals surface area contributed by atoms with Crippen LogP contribution in [0.25, 0.3) is 10.9 Å². The van der Waals surface area contributed by atoms with Gasteiger partial charge < -0.3 is 4.42 Å². The predicted octanol–water partition coefficient (Wildman–Crippen LogP) is 2.11. The fraction of sp³-hybridized carbons (Fsp3) is 0.273. The van der Waals surface area contributed by atoms with E-state index in [0.717, 1.165) is 16.8 Å². The van der Waals surface area contributed by atoms with Gasteiger partial charge in [0.05, 0.1) is 10.9 Å². The van der Waals surface area contributed by atoms with Crippen LogP contribution in [0, 0.1) is 20.8 Å². The first-order valence-corrected chi connectivity index (χ1v) is 4.46. The largest absolute Gasteiger partial charge is 0.428 e. The summed E-state index contributed by atoms with van der Waals surface area (Å²) in [7, 11) is 0. The summed E-state index contributed by atoms with van der Waals surface area (Å²) in [5.41, 5.74) is 2.25. The minimum atomic E-state index is -0.301. The van der Waals surface area contributed by atoms with Gasteiger partial charge in [-0.2, -0.15) is 0 Å². The van der Waals surface area contributed by atoms with Crippen LogP contribution in [0.2, 0.25) is 0 Å². The molecule has 2 aromatic heterocycles. The topological polar surface area (TPSA) is 43.1 Å². The maximum absolute atomic E-state index is 11.5. The van der Waals surface area contributed by atoms with Gasteiger partial charge in [-0.1, -0.05) is 0 Å². The molecule has 0 aliphatic heterocycles. The second kappa shape index (κ2) is 2.94. The standard InChI is InChI=1S/C11H11NO2/c1-6-4-7(2)12-9-5-8(3)14-11(13)10(6)9/h4-5H,1-3H3. The third-order valence-electron chi connectivity index (χ3n) is 2.17. The first-order chi connectivity index (χ1) is 6.58. The van der Waals surface area contributed by atoms with Gasteiger partial charge in [0.2, 0.25) is 0 Å². The molecule has 0 saturated carbocycles. The summed E-state index contributed by atoms with van der Waals surface area (Å²) in [4.78, 5) is 15.8. The molecule has 0 atom stereocenters. The van der Waals surface area contributed by atoms with E-state index in [1.807, 2.05) is 19.9 Å². The molecule has 3 heteroatoms. The number of aromatic nitrogens is 1. The molecule has 2 rings (SSSR count). The molecule has 0 fully saturated rings. The van der Waals surface area contributed by atoms with Crippen LogP contribution in [-0.2, 0) is 0 Å². The number of fused-ring (bicyclic) bond motifs is 1. The van der Waals surface area contributed by atoms with Crippen molar-refractivity contribution in [2.75, 3.05) is 0 Å². The molecule has 0 aliphatic carbocycles. The summed E-state index contributed by atoms with van der Waals surface area (Å²) < 4.78 is 5.02. The van der Waals surface area contributed by atoms with E-state index < -0.39 is 0 Å². The van der Waals surface area contributed by atoms with Crippen molar-refractivity contribution in [2.24, 2.45) is 0 Å². The molecule has 2 aromatic rings. The highest BCUT2D eigenvalue weighted by Crippen LogP contribution is 2.14. The lowest BCUT2D eigenvalue weighted by atomic mass is 10.1. The lowest BCUT2D eigenvalue weighted by Crippen LogP contribution is -2.04. The van der Waals surface area contributed by atoms with Gasteiger partial charge in [-0.25, -0.2) is 4.79 Å². The zero-order valence-corrected chi connectivity index (χ0v) is 8.42. The first-order valence-electron chi connectivity index (χ1n) is 4.46. The quantitative estimate of drug-likeness (QED) is 0.637. The second-order valence-corrected chi connectivity index (χ2v) is 3.49. The van der Waals surface area contributed by atoms with E-state index in [2.05, 4.69) is 4.98 Å². The Bertz CT molecular complexity index is 550. The summed E-state index contributed by atoms with van der Waals surface area (Å²) in [6, 6.07) is 3.67. The predicted molar refractivity (Wildman–Crippen MR) is 54.5 cm³/mol. The number of aryl methyl sites for hydroxylation is 3. The van der Waals surface area contributed by atoms with E-state index in [1.165, 1.54) is 0 Å². The Morgan fingerprint density at radius 1 is 1.21 bits per heavy atom. The van der Waals surface area contributed by atoms with Gasteiger partial charge in [0.1, 0.15) is 5.76 Å². The monoisotopic (exact) mass is 189 g/mol. The van der Waals surface area contributed by atoms with Crippen molar-refractivity contribution in [1.82, 2.24) is 4.98 Å². The van der Waals surface area contributed by atoms with Gasteiger partial charge in [0, 0.05) is 11.8 Å². The molecule has 0 aromatic carbocycles. The van der Waals surface area contributed by atoms with Crippen LogP contribution in [0.1, 0.15) is 17.0 Å². The maximum atomic E-state index is 11.5. The van der Waals surface area contributed by atoms with Gasteiger partial charge in [0.25, 0.3) is 0 Å². The molecule has 0 N–H and O–H groups in total. The van der Waals surface area contributed by atoms with Crippen molar-refractivity contribution in [1.29, 1.82) is 0 Å². The Hall–Kier alpha value is -1.64. The van der Waals surface area contributed by atoms with E-state index >= 15 is 0 Å². The Labute approximate surface area is 81.4 Å². The third-order valence-corrected chi connectivity index (χ3v) is 2.17. The molecule has 0 amide bonds. The molecule has 0 bridgehead atoms. The number of pyridine rings is 1. The highest BCUT2D eigenvalue weighted by Gasteiger charge is 2.06. The average molecular weight is 189 g/mol. The van der Waals surface area contributed by atoms with E-state index in [1.54, 1.807) is 13.0 Å². The zero-order chi connectivity index (χ0) is 10.3. The van der Waals surface area contributed by atoms with E-state index in [-0.39, 0.29) is 5.63 Å². The van der Waals surface area contributed by atoms with Gasteiger partial charge in [0.15, 0.2) is 0 Å². The number of hydrogen-bond donors (Lipinski definition) is 0. The average Bonchev–Trinajstić information content (AvgIpc) is 1.99. The SMILES string of the molecule is Cc1cc(C)c2c(=O)oc(C)cc2n1. The minimum absolute atomic E-state index is 0.301. The van der Waals surface area contributed by atoms with Gasteiger partial charge in [-0.3, -0.25) is 4.98 Å². The Morgan fingerprint density at radius 3 is 2.64 bits per heavy atom. The molecule has 0 spiro atoms. The van der Waals surface area contributed by atoms with Crippen LogP contribution in [0.4, 0.5) is 0 Å². The summed E-state index contributed by atoms with van der Waals surface area (Å²) in [6.07, 6.45) is 0. The summed E-state index contributed by atoms with van der Waals surface area (Å²) in [5, 5.41) is 0.584. The van der Waals surface area contributed by atoms with Gasteiger partial charge >= 0.3 is 5.63 Å². The Balaban J connectivity index is 3.02.